The molecule has 1 saturated carbocycles. The van der Waals surface area contributed by atoms with Crippen molar-refractivity contribution in [2.75, 3.05) is 26.8 Å². The quantitative estimate of drug-likeness (QED) is 0.575. The molecule has 0 spiro atoms. The number of hydrogen-bond donors (Lipinski definition) is 2. The first-order chi connectivity index (χ1) is 10.1. The molecular weight excluding hydrogens is 292 g/mol. The van der Waals surface area contributed by atoms with Crippen LogP contribution in [0.5, 0.6) is 0 Å². The zero-order valence-electron chi connectivity index (χ0n) is 12.4. The Labute approximate surface area is 126 Å². The van der Waals surface area contributed by atoms with Crippen molar-refractivity contribution in [3.63, 3.8) is 0 Å². The van der Waals surface area contributed by atoms with E-state index in [0.717, 1.165) is 19.4 Å². The average Bonchev–Trinajstić information content (AvgIpc) is 3.14. The lowest BCUT2D eigenvalue weighted by Gasteiger charge is -2.04. The van der Waals surface area contributed by atoms with Crippen molar-refractivity contribution in [2.24, 2.45) is 0 Å². The summed E-state index contributed by atoms with van der Waals surface area (Å²) < 4.78 is 33.3. The standard InChI is InChI=1S/C13H24N4O3S/c1-20-9-3-2-6-16-21(18,19)13-10-15-17(11-13)8-7-14-12-4-5-12/h10-12,14,16H,2-9H2,1H3. The lowest BCUT2D eigenvalue weighted by Crippen LogP contribution is -2.25. The second-order valence-electron chi connectivity index (χ2n) is 5.27. The van der Waals surface area contributed by atoms with Gasteiger partial charge in [0.15, 0.2) is 0 Å². The number of ether oxygens (including phenoxy) is 1. The van der Waals surface area contributed by atoms with Gasteiger partial charge >= 0.3 is 0 Å². The van der Waals surface area contributed by atoms with Crippen molar-refractivity contribution in [3.8, 4) is 0 Å². The monoisotopic (exact) mass is 316 g/mol. The van der Waals surface area contributed by atoms with Gasteiger partial charge in [-0.25, -0.2) is 13.1 Å². The van der Waals surface area contributed by atoms with Crippen LogP contribution in [0.15, 0.2) is 17.3 Å². The van der Waals surface area contributed by atoms with Crippen LogP contribution in [0.25, 0.3) is 0 Å². The van der Waals surface area contributed by atoms with Gasteiger partial charge in [-0.05, 0) is 25.7 Å². The molecule has 0 atom stereocenters. The molecule has 7 nitrogen and oxygen atoms in total. The number of rotatable bonds is 11. The third kappa shape index (κ3) is 5.74. The van der Waals surface area contributed by atoms with Crippen LogP contribution in [0.2, 0.25) is 0 Å². The summed E-state index contributed by atoms with van der Waals surface area (Å²) >= 11 is 0. The number of nitrogens with zero attached hydrogens (tertiary/aromatic N) is 2. The summed E-state index contributed by atoms with van der Waals surface area (Å²) in [6, 6.07) is 0.650. The highest BCUT2D eigenvalue weighted by Crippen LogP contribution is 2.18. The van der Waals surface area contributed by atoms with E-state index in [0.29, 0.717) is 25.7 Å². The maximum absolute atomic E-state index is 12.1. The van der Waals surface area contributed by atoms with Crippen molar-refractivity contribution in [1.29, 1.82) is 0 Å². The number of aromatic nitrogens is 2. The van der Waals surface area contributed by atoms with E-state index >= 15 is 0 Å². The Morgan fingerprint density at radius 3 is 2.90 bits per heavy atom. The first-order valence-electron chi connectivity index (χ1n) is 7.36. The van der Waals surface area contributed by atoms with Crippen LogP contribution in [0.4, 0.5) is 0 Å². The average molecular weight is 316 g/mol. The molecule has 0 bridgehead atoms. The zero-order valence-corrected chi connectivity index (χ0v) is 13.2. The van der Waals surface area contributed by atoms with Crippen LogP contribution >= 0.6 is 0 Å². The number of methoxy groups -OCH3 is 1. The fourth-order valence-corrected chi connectivity index (χ4v) is 2.96. The predicted octanol–water partition coefficient (Wildman–Crippen LogP) is 0.340. The SMILES string of the molecule is COCCCCNS(=O)(=O)c1cnn(CCNC2CC2)c1. The number of sulfonamides is 1. The normalized spacial score (nSPS) is 15.5. The molecule has 1 heterocycles. The van der Waals surface area contributed by atoms with Gasteiger partial charge in [-0.1, -0.05) is 0 Å². The Bertz CT molecular complexity index is 525. The molecule has 2 rings (SSSR count). The predicted molar refractivity (Wildman–Crippen MR) is 79.6 cm³/mol. The Hall–Kier alpha value is -0.960. The molecule has 1 fully saturated rings. The summed E-state index contributed by atoms with van der Waals surface area (Å²) in [4.78, 5) is 0.223. The third-order valence-electron chi connectivity index (χ3n) is 3.34. The fourth-order valence-electron chi connectivity index (χ4n) is 1.94. The highest BCUT2D eigenvalue weighted by Gasteiger charge is 2.20. The Balaban J connectivity index is 1.74. The van der Waals surface area contributed by atoms with Gasteiger partial charge in [0.1, 0.15) is 4.90 Å². The first-order valence-corrected chi connectivity index (χ1v) is 8.84. The van der Waals surface area contributed by atoms with E-state index < -0.39 is 10.0 Å². The fraction of sp³-hybridized carbons (Fsp3) is 0.769. The zero-order chi connectivity index (χ0) is 15.1. The molecular formula is C13H24N4O3S. The third-order valence-corrected chi connectivity index (χ3v) is 4.75. The maximum Gasteiger partial charge on any atom is 0.243 e. The van der Waals surface area contributed by atoms with Crippen LogP contribution < -0.4 is 10.0 Å². The number of hydrogen-bond acceptors (Lipinski definition) is 5. The Kier molecular flexibility index (Phi) is 6.16. The van der Waals surface area contributed by atoms with Crippen LogP contribution in [0, 0.1) is 0 Å². The van der Waals surface area contributed by atoms with Crippen LogP contribution in [-0.2, 0) is 21.3 Å². The van der Waals surface area contributed by atoms with Crippen molar-refractivity contribution in [1.82, 2.24) is 19.8 Å². The summed E-state index contributed by atoms with van der Waals surface area (Å²) in [5.74, 6) is 0. The van der Waals surface area contributed by atoms with Crippen molar-refractivity contribution < 1.29 is 13.2 Å². The van der Waals surface area contributed by atoms with Crippen LogP contribution in [0.1, 0.15) is 25.7 Å². The topological polar surface area (TPSA) is 85.2 Å². The van der Waals surface area contributed by atoms with Gasteiger partial charge in [-0.2, -0.15) is 5.10 Å². The molecule has 1 aliphatic rings. The molecule has 0 aromatic carbocycles. The minimum Gasteiger partial charge on any atom is -0.385 e. The Morgan fingerprint density at radius 1 is 1.38 bits per heavy atom. The minimum atomic E-state index is -3.45. The van der Waals surface area contributed by atoms with E-state index in [9.17, 15) is 8.42 Å². The van der Waals surface area contributed by atoms with Gasteiger partial charge in [-0.3, -0.25) is 4.68 Å². The van der Waals surface area contributed by atoms with E-state index in [1.54, 1.807) is 18.0 Å². The molecule has 1 aliphatic carbocycles. The van der Waals surface area contributed by atoms with E-state index in [2.05, 4.69) is 15.1 Å². The molecule has 0 amide bonds. The van der Waals surface area contributed by atoms with E-state index in [4.69, 9.17) is 4.74 Å². The van der Waals surface area contributed by atoms with E-state index in [1.807, 2.05) is 0 Å². The largest absolute Gasteiger partial charge is 0.385 e. The molecule has 0 radical (unpaired) electrons. The summed E-state index contributed by atoms with van der Waals surface area (Å²) in [5, 5.41) is 7.46. The molecule has 0 saturated heterocycles. The molecule has 0 aliphatic heterocycles. The lowest BCUT2D eigenvalue weighted by molar-refractivity contribution is 0.193. The van der Waals surface area contributed by atoms with Gasteiger partial charge in [0.25, 0.3) is 0 Å². The van der Waals surface area contributed by atoms with Gasteiger partial charge in [-0.15, -0.1) is 0 Å². The number of unbranched alkanes of at least 4 members (excludes halogenated alkanes) is 1. The highest BCUT2D eigenvalue weighted by atomic mass is 32.2. The second kappa shape index (κ2) is 7.88. The molecule has 120 valence electrons. The van der Waals surface area contributed by atoms with Crippen LogP contribution in [-0.4, -0.2) is 51.0 Å². The first kappa shape index (κ1) is 16.4. The van der Waals surface area contributed by atoms with Crippen LogP contribution in [0.3, 0.4) is 0 Å². The summed E-state index contributed by atoms with van der Waals surface area (Å²) in [5.41, 5.74) is 0. The summed E-state index contributed by atoms with van der Waals surface area (Å²) in [6.45, 7) is 2.56. The van der Waals surface area contributed by atoms with Gasteiger partial charge < -0.3 is 10.1 Å². The maximum atomic E-state index is 12.1. The summed E-state index contributed by atoms with van der Waals surface area (Å²) in [7, 11) is -1.81. The van der Waals surface area contributed by atoms with Gasteiger partial charge in [0, 0.05) is 39.0 Å². The Morgan fingerprint density at radius 2 is 2.19 bits per heavy atom. The van der Waals surface area contributed by atoms with E-state index in [-0.39, 0.29) is 4.90 Å². The van der Waals surface area contributed by atoms with Gasteiger partial charge in [0.05, 0.1) is 12.7 Å². The van der Waals surface area contributed by atoms with Gasteiger partial charge in [0.2, 0.25) is 10.0 Å². The molecule has 0 unspecified atom stereocenters. The van der Waals surface area contributed by atoms with Crippen molar-refractivity contribution in [3.05, 3.63) is 12.4 Å². The van der Waals surface area contributed by atoms with Crippen molar-refractivity contribution >= 4 is 10.0 Å². The van der Waals surface area contributed by atoms with E-state index in [1.165, 1.54) is 19.0 Å². The van der Waals surface area contributed by atoms with Crippen molar-refractivity contribution in [2.45, 2.75) is 43.2 Å². The molecule has 8 heteroatoms. The smallest absolute Gasteiger partial charge is 0.243 e. The second-order valence-corrected chi connectivity index (χ2v) is 7.03. The molecule has 21 heavy (non-hydrogen) atoms. The minimum absolute atomic E-state index is 0.223. The molecule has 2 N–H and O–H groups in total. The molecule has 1 aromatic rings. The summed E-state index contributed by atoms with van der Waals surface area (Å²) in [6.07, 6.45) is 7.05. The number of nitrogens with one attached hydrogen (secondary N) is 2. The molecule has 1 aromatic heterocycles. The lowest BCUT2D eigenvalue weighted by atomic mass is 10.3. The highest BCUT2D eigenvalue weighted by molar-refractivity contribution is 7.89.